The van der Waals surface area contributed by atoms with E-state index in [1.165, 1.54) is 5.56 Å². The summed E-state index contributed by atoms with van der Waals surface area (Å²) in [5.41, 5.74) is 2.10. The monoisotopic (exact) mass is 304 g/mol. The molecule has 0 saturated carbocycles. The van der Waals surface area contributed by atoms with Gasteiger partial charge < -0.3 is 4.74 Å². The molecular weight excluding hydrogens is 276 g/mol. The number of unbranched alkanes of at least 4 members (excludes halogenated alkanes) is 3. The zero-order valence-corrected chi connectivity index (χ0v) is 13.9. The van der Waals surface area contributed by atoms with Crippen molar-refractivity contribution in [3.05, 3.63) is 35.4 Å². The zero-order valence-electron chi connectivity index (χ0n) is 13.9. The fourth-order valence-corrected chi connectivity index (χ4v) is 2.43. The van der Waals surface area contributed by atoms with Crippen LogP contribution in [-0.2, 0) is 16.0 Å². The summed E-state index contributed by atoms with van der Waals surface area (Å²) >= 11 is 0. The molecule has 0 spiro atoms. The van der Waals surface area contributed by atoms with Gasteiger partial charge in [-0.2, -0.15) is 0 Å². The van der Waals surface area contributed by atoms with E-state index in [4.69, 9.17) is 4.74 Å². The van der Waals surface area contributed by atoms with Crippen molar-refractivity contribution < 1.29 is 14.3 Å². The molecule has 22 heavy (non-hydrogen) atoms. The summed E-state index contributed by atoms with van der Waals surface area (Å²) in [4.78, 5) is 23.2. The Balaban J connectivity index is 2.16. The van der Waals surface area contributed by atoms with Crippen LogP contribution in [0.4, 0.5) is 0 Å². The fourth-order valence-electron chi connectivity index (χ4n) is 2.43. The van der Waals surface area contributed by atoms with E-state index >= 15 is 0 Å². The maximum Gasteiger partial charge on any atom is 0.305 e. The number of ketones is 1. The van der Waals surface area contributed by atoms with Crippen LogP contribution in [0, 0.1) is 0 Å². The van der Waals surface area contributed by atoms with Crippen molar-refractivity contribution in [1.29, 1.82) is 0 Å². The van der Waals surface area contributed by atoms with Gasteiger partial charge in [0, 0.05) is 18.4 Å². The molecule has 3 nitrogen and oxygen atoms in total. The molecule has 0 bridgehead atoms. The third-order valence-electron chi connectivity index (χ3n) is 3.65. The Morgan fingerprint density at radius 3 is 2.14 bits per heavy atom. The molecule has 1 aromatic rings. The molecule has 1 rings (SSSR count). The second-order valence-corrected chi connectivity index (χ2v) is 5.59. The van der Waals surface area contributed by atoms with Crippen molar-refractivity contribution in [3.8, 4) is 0 Å². The van der Waals surface area contributed by atoms with E-state index in [9.17, 15) is 9.59 Å². The second-order valence-electron chi connectivity index (χ2n) is 5.59. The fraction of sp³-hybridized carbons (Fsp3) is 0.579. The zero-order chi connectivity index (χ0) is 16.2. The van der Waals surface area contributed by atoms with Crippen molar-refractivity contribution in [1.82, 2.24) is 0 Å². The second kappa shape index (κ2) is 11.0. The SMILES string of the molecule is CCCc1ccc(C(=O)CCCCCCC(=O)OCC)cc1. The highest BCUT2D eigenvalue weighted by Crippen LogP contribution is 2.12. The largest absolute Gasteiger partial charge is 0.466 e. The molecule has 0 amide bonds. The number of hydrogen-bond acceptors (Lipinski definition) is 3. The molecule has 0 aliphatic carbocycles. The van der Waals surface area contributed by atoms with Gasteiger partial charge in [0.05, 0.1) is 6.61 Å². The van der Waals surface area contributed by atoms with Gasteiger partial charge in [-0.25, -0.2) is 0 Å². The van der Waals surface area contributed by atoms with Crippen LogP contribution in [0.3, 0.4) is 0 Å². The number of benzene rings is 1. The van der Waals surface area contributed by atoms with E-state index < -0.39 is 0 Å². The lowest BCUT2D eigenvalue weighted by atomic mass is 10.0. The summed E-state index contributed by atoms with van der Waals surface area (Å²) in [6.45, 7) is 4.42. The number of hydrogen-bond donors (Lipinski definition) is 0. The first kappa shape index (κ1) is 18.4. The molecule has 0 aromatic heterocycles. The standard InChI is InChI=1S/C19H28O3/c1-3-9-16-12-14-17(15-13-16)18(20)10-7-5-6-8-11-19(21)22-4-2/h12-15H,3-11H2,1-2H3. The third kappa shape index (κ3) is 7.39. The Labute approximate surface area is 134 Å². The van der Waals surface area contributed by atoms with E-state index in [0.29, 0.717) is 19.4 Å². The maximum atomic E-state index is 12.1. The predicted molar refractivity (Wildman–Crippen MR) is 89.1 cm³/mol. The Morgan fingerprint density at radius 1 is 0.909 bits per heavy atom. The molecule has 122 valence electrons. The van der Waals surface area contributed by atoms with E-state index in [1.807, 2.05) is 19.1 Å². The highest BCUT2D eigenvalue weighted by molar-refractivity contribution is 5.96. The number of carbonyl (C=O) groups is 2. The molecule has 0 aliphatic rings. The number of carbonyl (C=O) groups excluding carboxylic acids is 2. The Morgan fingerprint density at radius 2 is 1.55 bits per heavy atom. The van der Waals surface area contributed by atoms with Crippen molar-refractivity contribution in [3.63, 3.8) is 0 Å². The normalized spacial score (nSPS) is 10.5. The van der Waals surface area contributed by atoms with Crippen molar-refractivity contribution in [2.75, 3.05) is 6.61 Å². The molecule has 0 aliphatic heterocycles. The van der Waals surface area contributed by atoms with E-state index in [-0.39, 0.29) is 11.8 Å². The molecule has 0 heterocycles. The van der Waals surface area contributed by atoms with Crippen LogP contribution >= 0.6 is 0 Å². The van der Waals surface area contributed by atoms with Gasteiger partial charge in [-0.05, 0) is 31.7 Å². The van der Waals surface area contributed by atoms with E-state index in [0.717, 1.165) is 44.1 Å². The topological polar surface area (TPSA) is 43.4 Å². The van der Waals surface area contributed by atoms with Gasteiger partial charge >= 0.3 is 5.97 Å². The summed E-state index contributed by atoms with van der Waals surface area (Å²) in [5, 5.41) is 0. The van der Waals surface area contributed by atoms with E-state index in [2.05, 4.69) is 19.1 Å². The molecule has 0 atom stereocenters. The first-order valence-corrected chi connectivity index (χ1v) is 8.45. The Kier molecular flexibility index (Phi) is 9.20. The van der Waals surface area contributed by atoms with Gasteiger partial charge in [0.25, 0.3) is 0 Å². The van der Waals surface area contributed by atoms with Crippen LogP contribution in [0.25, 0.3) is 0 Å². The third-order valence-corrected chi connectivity index (χ3v) is 3.65. The van der Waals surface area contributed by atoms with Crippen molar-refractivity contribution in [2.24, 2.45) is 0 Å². The number of ether oxygens (including phenoxy) is 1. The van der Waals surface area contributed by atoms with Gasteiger partial charge in [-0.3, -0.25) is 9.59 Å². The summed E-state index contributed by atoms with van der Waals surface area (Å²) in [6.07, 6.45) is 6.96. The molecule has 0 saturated heterocycles. The van der Waals surface area contributed by atoms with Crippen LogP contribution in [0.1, 0.15) is 74.7 Å². The number of aryl methyl sites for hydroxylation is 1. The van der Waals surface area contributed by atoms with Gasteiger partial charge in [-0.15, -0.1) is 0 Å². The lowest BCUT2D eigenvalue weighted by Crippen LogP contribution is -2.03. The first-order chi connectivity index (χ1) is 10.7. The number of Topliss-reactive ketones (excluding diaryl/α,β-unsaturated/α-hetero) is 1. The van der Waals surface area contributed by atoms with Gasteiger partial charge in [0.15, 0.2) is 5.78 Å². The van der Waals surface area contributed by atoms with Gasteiger partial charge in [0.2, 0.25) is 0 Å². The van der Waals surface area contributed by atoms with Gasteiger partial charge in [-0.1, -0.05) is 50.5 Å². The molecule has 0 radical (unpaired) electrons. The smallest absolute Gasteiger partial charge is 0.305 e. The quantitative estimate of drug-likeness (QED) is 0.337. The summed E-state index contributed by atoms with van der Waals surface area (Å²) < 4.78 is 4.88. The number of rotatable bonds is 11. The predicted octanol–water partition coefficient (Wildman–Crippen LogP) is 4.73. The Bertz CT molecular complexity index is 448. The van der Waals surface area contributed by atoms with Crippen LogP contribution < -0.4 is 0 Å². The molecular formula is C19H28O3. The molecule has 3 heteroatoms. The van der Waals surface area contributed by atoms with Crippen molar-refractivity contribution in [2.45, 2.75) is 65.2 Å². The van der Waals surface area contributed by atoms with Gasteiger partial charge in [0.1, 0.15) is 0 Å². The summed E-state index contributed by atoms with van der Waals surface area (Å²) in [5.74, 6) is 0.0965. The average molecular weight is 304 g/mol. The van der Waals surface area contributed by atoms with Crippen LogP contribution in [0.15, 0.2) is 24.3 Å². The molecule has 0 N–H and O–H groups in total. The highest BCUT2D eigenvalue weighted by Gasteiger charge is 2.06. The lowest BCUT2D eigenvalue weighted by Gasteiger charge is -2.04. The minimum absolute atomic E-state index is 0.120. The average Bonchev–Trinajstić information content (AvgIpc) is 2.52. The minimum Gasteiger partial charge on any atom is -0.466 e. The minimum atomic E-state index is -0.120. The summed E-state index contributed by atoms with van der Waals surface area (Å²) in [6, 6.07) is 7.98. The Hall–Kier alpha value is -1.64. The molecule has 1 aromatic carbocycles. The number of esters is 1. The maximum absolute atomic E-state index is 12.1. The molecule has 0 unspecified atom stereocenters. The van der Waals surface area contributed by atoms with Crippen LogP contribution in [0.5, 0.6) is 0 Å². The van der Waals surface area contributed by atoms with Crippen LogP contribution in [0.2, 0.25) is 0 Å². The lowest BCUT2D eigenvalue weighted by molar-refractivity contribution is -0.143. The highest BCUT2D eigenvalue weighted by atomic mass is 16.5. The van der Waals surface area contributed by atoms with Crippen molar-refractivity contribution >= 4 is 11.8 Å². The first-order valence-electron chi connectivity index (χ1n) is 8.45. The summed E-state index contributed by atoms with van der Waals surface area (Å²) in [7, 11) is 0. The molecule has 0 fully saturated rings. The van der Waals surface area contributed by atoms with Crippen LogP contribution in [-0.4, -0.2) is 18.4 Å². The van der Waals surface area contributed by atoms with E-state index in [1.54, 1.807) is 0 Å².